The van der Waals surface area contributed by atoms with Crippen LogP contribution in [0.5, 0.6) is 11.5 Å². The van der Waals surface area contributed by atoms with Crippen molar-refractivity contribution in [3.8, 4) is 17.6 Å². The lowest BCUT2D eigenvalue weighted by Gasteiger charge is -2.55. The van der Waals surface area contributed by atoms with Gasteiger partial charge in [-0.1, -0.05) is 12.1 Å². The lowest BCUT2D eigenvalue weighted by molar-refractivity contribution is -0.137. The summed E-state index contributed by atoms with van der Waals surface area (Å²) in [5.74, 6) is 1.67. The summed E-state index contributed by atoms with van der Waals surface area (Å²) in [5, 5.41) is 9.25. The van der Waals surface area contributed by atoms with E-state index in [1.165, 1.54) is 0 Å². The Labute approximate surface area is 186 Å². The van der Waals surface area contributed by atoms with E-state index in [0.29, 0.717) is 17.5 Å². The molecule has 0 spiro atoms. The number of nitrogens with zero attached hydrogens (tertiary/aromatic N) is 3. The monoisotopic (exact) mass is 459 g/mol. The van der Waals surface area contributed by atoms with Crippen molar-refractivity contribution in [3.05, 3.63) is 59.2 Å². The molecule has 0 aromatic heterocycles. The molecule has 0 radical (unpaired) electrons. The van der Waals surface area contributed by atoms with Crippen LogP contribution in [-0.2, 0) is 22.6 Å². The Morgan fingerprint density at radius 3 is 2.53 bits per heavy atom. The molecule has 2 aromatic carbocycles. The number of hydrogen-bond acceptors (Lipinski definition) is 4. The van der Waals surface area contributed by atoms with Gasteiger partial charge in [0.2, 0.25) is 0 Å². The summed E-state index contributed by atoms with van der Waals surface area (Å²) in [4.78, 5) is 2.31. The maximum Gasteiger partial charge on any atom is 0.416 e. The second kappa shape index (κ2) is 7.62. The molecule has 5 nitrogen and oxygen atoms in total. The number of fused-ring (bicyclic) bond motifs is 2. The van der Waals surface area contributed by atoms with Crippen LogP contribution in [0.2, 0.25) is 0 Å². The van der Waals surface area contributed by atoms with Gasteiger partial charge in [-0.2, -0.15) is 22.8 Å². The average Bonchev–Trinajstić information content (AvgIpc) is 2.79. The van der Waals surface area contributed by atoms with E-state index < -0.39 is 22.7 Å². The number of piperidine rings is 2. The molecule has 2 aromatic rings. The molecule has 3 heterocycles. The first-order valence-corrected chi connectivity index (χ1v) is 11.7. The maximum atomic E-state index is 13.1. The molecule has 32 heavy (non-hydrogen) atoms. The maximum absolute atomic E-state index is 13.1. The van der Waals surface area contributed by atoms with E-state index in [2.05, 4.69) is 9.30 Å². The zero-order chi connectivity index (χ0) is 22.5. The van der Waals surface area contributed by atoms with Crippen molar-refractivity contribution >= 4 is 16.8 Å². The van der Waals surface area contributed by atoms with Crippen molar-refractivity contribution in [2.75, 3.05) is 12.3 Å². The molecule has 2 bridgehead atoms. The zero-order valence-corrected chi connectivity index (χ0v) is 17.9. The number of nitriles is 1. The molecule has 6 rings (SSSR count). The van der Waals surface area contributed by atoms with Gasteiger partial charge in [0.1, 0.15) is 34.4 Å². The van der Waals surface area contributed by atoms with Gasteiger partial charge in [-0.25, -0.2) is 4.21 Å². The number of amidine groups is 1. The zero-order valence-electron chi connectivity index (χ0n) is 17.1. The highest BCUT2D eigenvalue weighted by Gasteiger charge is 2.51. The van der Waals surface area contributed by atoms with Gasteiger partial charge >= 0.3 is 6.18 Å². The molecular weight excluding hydrogens is 439 g/mol. The van der Waals surface area contributed by atoms with Crippen molar-refractivity contribution in [2.45, 2.75) is 43.3 Å². The number of benzene rings is 2. The predicted octanol–water partition coefficient (Wildman–Crippen LogP) is 4.94. The summed E-state index contributed by atoms with van der Waals surface area (Å²) in [6.07, 6.45) is -0.561. The van der Waals surface area contributed by atoms with Crippen molar-refractivity contribution in [3.63, 3.8) is 0 Å². The fourth-order valence-corrected chi connectivity index (χ4v) is 6.00. The lowest BCUT2D eigenvalue weighted by Crippen LogP contribution is -2.62. The standard InChI is InChI=1S/C23H20F3N3O2S/c24-23(25,26)17-2-1-15(14-27)20(13-17)31-19-5-3-16(4-6-19)22-9-7-18(8-10-22)29-11-12-32(30)28-21(22)29/h1-6,13,18H,7-12H2. The van der Waals surface area contributed by atoms with Crippen molar-refractivity contribution in [2.24, 2.45) is 4.40 Å². The largest absolute Gasteiger partial charge is 0.456 e. The van der Waals surface area contributed by atoms with E-state index in [1.807, 2.05) is 18.2 Å². The van der Waals surface area contributed by atoms with E-state index in [0.717, 1.165) is 61.8 Å². The number of halogens is 3. The highest BCUT2D eigenvalue weighted by Crippen LogP contribution is 2.49. The van der Waals surface area contributed by atoms with Gasteiger partial charge in [-0.15, -0.1) is 0 Å². The molecule has 3 fully saturated rings. The fraction of sp³-hybridized carbons (Fsp3) is 0.391. The summed E-state index contributed by atoms with van der Waals surface area (Å²) >= 11 is 0. The Kier molecular flexibility index (Phi) is 5.01. The van der Waals surface area contributed by atoms with Crippen LogP contribution in [0.1, 0.15) is 42.4 Å². The average molecular weight is 459 g/mol. The van der Waals surface area contributed by atoms with E-state index in [1.54, 1.807) is 12.1 Å². The fourth-order valence-electron chi connectivity index (χ4n) is 5.09. The van der Waals surface area contributed by atoms with Gasteiger partial charge in [-0.05, 0) is 61.6 Å². The van der Waals surface area contributed by atoms with Crippen LogP contribution in [0, 0.1) is 11.3 Å². The van der Waals surface area contributed by atoms with Crippen LogP contribution >= 0.6 is 0 Å². The lowest BCUT2D eigenvalue weighted by atomic mass is 9.63. The van der Waals surface area contributed by atoms with Crippen LogP contribution in [-0.4, -0.2) is 33.3 Å². The minimum Gasteiger partial charge on any atom is -0.456 e. The molecular formula is C23H20F3N3O2S. The summed E-state index contributed by atoms with van der Waals surface area (Å²) in [5.41, 5.74) is -0.0993. The molecule has 1 atom stereocenters. The normalized spacial score (nSPS) is 26.8. The summed E-state index contributed by atoms with van der Waals surface area (Å²) < 4.78 is 61.6. The van der Waals surface area contributed by atoms with Crippen LogP contribution in [0.3, 0.4) is 0 Å². The predicted molar refractivity (Wildman–Crippen MR) is 114 cm³/mol. The van der Waals surface area contributed by atoms with Gasteiger partial charge in [0.05, 0.1) is 22.3 Å². The Morgan fingerprint density at radius 1 is 1.16 bits per heavy atom. The van der Waals surface area contributed by atoms with Crippen LogP contribution in [0.25, 0.3) is 0 Å². The van der Waals surface area contributed by atoms with Crippen LogP contribution < -0.4 is 4.74 Å². The quantitative estimate of drug-likeness (QED) is 0.652. The minimum absolute atomic E-state index is 0.0287. The summed E-state index contributed by atoms with van der Waals surface area (Å²) in [7, 11) is -1.21. The Hall–Kier alpha value is -2.86. The van der Waals surface area contributed by atoms with Gasteiger partial charge < -0.3 is 9.64 Å². The molecule has 166 valence electrons. The second-order valence-corrected chi connectivity index (χ2v) is 9.63. The Balaban J connectivity index is 1.45. The Bertz CT molecular complexity index is 1150. The van der Waals surface area contributed by atoms with E-state index in [4.69, 9.17) is 4.74 Å². The molecule has 3 aliphatic heterocycles. The summed E-state index contributed by atoms with van der Waals surface area (Å²) in [6.45, 7) is 0.755. The second-order valence-electron chi connectivity index (χ2n) is 8.39. The molecule has 2 saturated heterocycles. The first-order chi connectivity index (χ1) is 15.3. The van der Waals surface area contributed by atoms with Crippen molar-refractivity contribution in [1.29, 1.82) is 5.26 Å². The van der Waals surface area contributed by atoms with Gasteiger partial charge in [0.25, 0.3) is 0 Å². The third-order valence-corrected chi connectivity index (χ3v) is 7.62. The molecule has 1 saturated carbocycles. The highest BCUT2D eigenvalue weighted by atomic mass is 32.2. The third kappa shape index (κ3) is 3.47. The third-order valence-electron chi connectivity index (χ3n) is 6.71. The molecule has 1 aliphatic carbocycles. The smallest absolute Gasteiger partial charge is 0.416 e. The molecule has 1 unspecified atom stereocenters. The molecule has 0 amide bonds. The first-order valence-electron chi connectivity index (χ1n) is 10.4. The summed E-state index contributed by atoms with van der Waals surface area (Å²) in [6, 6.07) is 12.4. The number of ether oxygens (including phenoxy) is 1. The highest BCUT2D eigenvalue weighted by molar-refractivity contribution is 7.83. The van der Waals surface area contributed by atoms with Gasteiger partial charge in [0.15, 0.2) is 0 Å². The van der Waals surface area contributed by atoms with Crippen molar-refractivity contribution < 1.29 is 22.1 Å². The van der Waals surface area contributed by atoms with E-state index in [9.17, 15) is 22.6 Å². The minimum atomic E-state index is -4.53. The topological polar surface area (TPSA) is 65.7 Å². The SMILES string of the molecule is N#Cc1ccc(C(F)(F)F)cc1Oc1ccc(C23CCC(CC2)N2CCS(=O)N=C23)cc1. The van der Waals surface area contributed by atoms with Gasteiger partial charge in [-0.3, -0.25) is 0 Å². The molecule has 4 aliphatic rings. The molecule has 9 heteroatoms. The molecule has 0 N–H and O–H groups in total. The van der Waals surface area contributed by atoms with Crippen LogP contribution in [0.15, 0.2) is 46.9 Å². The van der Waals surface area contributed by atoms with E-state index >= 15 is 0 Å². The van der Waals surface area contributed by atoms with Crippen molar-refractivity contribution in [1.82, 2.24) is 4.90 Å². The number of rotatable bonds is 3. The number of hydrogen-bond donors (Lipinski definition) is 0. The van der Waals surface area contributed by atoms with Gasteiger partial charge in [0, 0.05) is 12.6 Å². The number of alkyl halides is 3. The van der Waals surface area contributed by atoms with Crippen LogP contribution in [0.4, 0.5) is 13.2 Å². The first kappa shape index (κ1) is 21.0. The van der Waals surface area contributed by atoms with E-state index in [-0.39, 0.29) is 16.7 Å². The Morgan fingerprint density at radius 2 is 1.88 bits per heavy atom.